The summed E-state index contributed by atoms with van der Waals surface area (Å²) in [6.07, 6.45) is 6.74. The SMILES string of the molecule is COCCN(C[C@@H]1CCCN2CCCC[C@@H]12)C(=O)CCc1c(C)c2ccc(O)c(C)c2oc1=O. The molecule has 2 aromatic rings. The summed E-state index contributed by atoms with van der Waals surface area (Å²) in [5.41, 5.74) is 1.88. The fourth-order valence-corrected chi connectivity index (χ4v) is 5.85. The van der Waals surface area contributed by atoms with Crippen LogP contribution in [0.4, 0.5) is 0 Å². The minimum atomic E-state index is -0.430. The minimum Gasteiger partial charge on any atom is -0.508 e. The lowest BCUT2D eigenvalue weighted by molar-refractivity contribution is -0.133. The van der Waals surface area contributed by atoms with E-state index in [0.717, 1.165) is 23.9 Å². The van der Waals surface area contributed by atoms with Crippen molar-refractivity contribution in [3.8, 4) is 5.75 Å². The highest BCUT2D eigenvalue weighted by Crippen LogP contribution is 2.32. The van der Waals surface area contributed by atoms with Gasteiger partial charge in [-0.1, -0.05) is 6.42 Å². The molecule has 186 valence electrons. The number of rotatable bonds is 8. The fourth-order valence-electron chi connectivity index (χ4n) is 5.85. The number of methoxy groups -OCH3 is 1. The Hall–Kier alpha value is -2.38. The van der Waals surface area contributed by atoms with Crippen LogP contribution < -0.4 is 5.63 Å². The van der Waals surface area contributed by atoms with Gasteiger partial charge in [0, 0.05) is 49.2 Å². The van der Waals surface area contributed by atoms with Gasteiger partial charge >= 0.3 is 5.63 Å². The molecule has 3 heterocycles. The summed E-state index contributed by atoms with van der Waals surface area (Å²) in [5, 5.41) is 10.8. The van der Waals surface area contributed by atoms with E-state index in [-0.39, 0.29) is 18.1 Å². The largest absolute Gasteiger partial charge is 0.508 e. The van der Waals surface area contributed by atoms with Gasteiger partial charge in [-0.05, 0) is 82.7 Å². The lowest BCUT2D eigenvalue weighted by Crippen LogP contribution is -2.52. The van der Waals surface area contributed by atoms with Crippen molar-refractivity contribution in [3.05, 3.63) is 39.2 Å². The Morgan fingerprint density at radius 2 is 1.97 bits per heavy atom. The summed E-state index contributed by atoms with van der Waals surface area (Å²) in [5.74, 6) is 0.662. The van der Waals surface area contributed by atoms with Crippen molar-refractivity contribution >= 4 is 16.9 Å². The van der Waals surface area contributed by atoms with E-state index in [1.807, 2.05) is 11.8 Å². The number of nitrogens with zero attached hydrogens (tertiary/aromatic N) is 2. The van der Waals surface area contributed by atoms with Crippen LogP contribution in [0.25, 0.3) is 11.0 Å². The lowest BCUT2D eigenvalue weighted by Gasteiger charge is -2.45. The summed E-state index contributed by atoms with van der Waals surface area (Å²) < 4.78 is 10.9. The van der Waals surface area contributed by atoms with E-state index < -0.39 is 5.63 Å². The smallest absolute Gasteiger partial charge is 0.339 e. The van der Waals surface area contributed by atoms with Crippen molar-refractivity contribution in [3.63, 3.8) is 0 Å². The first-order chi connectivity index (χ1) is 16.4. The maximum atomic E-state index is 13.3. The Labute approximate surface area is 201 Å². The van der Waals surface area contributed by atoms with Gasteiger partial charge in [-0.15, -0.1) is 0 Å². The second-order valence-corrected chi connectivity index (χ2v) is 9.91. The van der Waals surface area contributed by atoms with Crippen molar-refractivity contribution in [1.29, 1.82) is 0 Å². The van der Waals surface area contributed by atoms with Gasteiger partial charge in [-0.25, -0.2) is 4.79 Å². The molecule has 2 aliphatic heterocycles. The molecule has 0 radical (unpaired) electrons. The quantitative estimate of drug-likeness (QED) is 0.591. The van der Waals surface area contributed by atoms with Gasteiger partial charge < -0.3 is 24.1 Å². The lowest BCUT2D eigenvalue weighted by atomic mass is 9.83. The number of carbonyl (C=O) groups excluding carboxylic acids is 1. The average Bonchev–Trinajstić information content (AvgIpc) is 2.84. The van der Waals surface area contributed by atoms with E-state index in [1.165, 1.54) is 38.8 Å². The zero-order chi connectivity index (χ0) is 24.2. The van der Waals surface area contributed by atoms with Crippen LogP contribution in [0.1, 0.15) is 55.2 Å². The molecule has 0 bridgehead atoms. The molecule has 2 aliphatic rings. The predicted octanol–water partition coefficient (Wildman–Crippen LogP) is 3.79. The van der Waals surface area contributed by atoms with E-state index >= 15 is 0 Å². The molecule has 2 fully saturated rings. The van der Waals surface area contributed by atoms with Gasteiger partial charge in [-0.2, -0.15) is 0 Å². The zero-order valence-electron chi connectivity index (χ0n) is 20.8. The third kappa shape index (κ3) is 5.15. The van der Waals surface area contributed by atoms with Crippen LogP contribution in [-0.2, 0) is 16.0 Å². The van der Waals surface area contributed by atoms with Gasteiger partial charge in [0.1, 0.15) is 11.3 Å². The number of hydrogen-bond donors (Lipinski definition) is 1. The monoisotopic (exact) mass is 470 g/mol. The maximum Gasteiger partial charge on any atom is 0.339 e. The van der Waals surface area contributed by atoms with E-state index in [9.17, 15) is 14.7 Å². The molecule has 1 aromatic heterocycles. The number of phenolic OH excluding ortho intramolecular Hbond substituents is 1. The van der Waals surface area contributed by atoms with Crippen molar-refractivity contribution in [1.82, 2.24) is 9.80 Å². The molecule has 1 amide bonds. The van der Waals surface area contributed by atoms with Crippen molar-refractivity contribution < 1.29 is 19.1 Å². The summed E-state index contributed by atoms with van der Waals surface area (Å²) in [6, 6.07) is 3.96. The average molecular weight is 471 g/mol. The van der Waals surface area contributed by atoms with Gasteiger partial charge in [0.05, 0.1) is 6.61 Å². The topological polar surface area (TPSA) is 83.2 Å². The Morgan fingerprint density at radius 3 is 2.76 bits per heavy atom. The van der Waals surface area contributed by atoms with Crippen LogP contribution in [0.15, 0.2) is 21.3 Å². The Morgan fingerprint density at radius 1 is 1.18 bits per heavy atom. The Bertz CT molecular complexity index is 1080. The number of piperidine rings is 2. The zero-order valence-corrected chi connectivity index (χ0v) is 20.8. The maximum absolute atomic E-state index is 13.3. The molecule has 0 unspecified atom stereocenters. The highest BCUT2D eigenvalue weighted by atomic mass is 16.5. The molecular formula is C27H38N2O5. The normalized spacial score (nSPS) is 20.9. The third-order valence-corrected chi connectivity index (χ3v) is 7.87. The van der Waals surface area contributed by atoms with Crippen LogP contribution >= 0.6 is 0 Å². The fraction of sp³-hybridized carbons (Fsp3) is 0.630. The molecule has 1 N–H and O–H groups in total. The molecule has 0 aliphatic carbocycles. The molecule has 7 nitrogen and oxygen atoms in total. The van der Waals surface area contributed by atoms with Crippen LogP contribution in [0.2, 0.25) is 0 Å². The van der Waals surface area contributed by atoms with Gasteiger partial charge in [0.25, 0.3) is 0 Å². The van der Waals surface area contributed by atoms with E-state index in [4.69, 9.17) is 9.15 Å². The number of carbonyl (C=O) groups is 1. The number of aromatic hydroxyl groups is 1. The van der Waals surface area contributed by atoms with Crippen molar-refractivity contribution in [2.45, 2.75) is 64.8 Å². The molecule has 2 saturated heterocycles. The third-order valence-electron chi connectivity index (χ3n) is 7.87. The van der Waals surface area contributed by atoms with Gasteiger partial charge in [0.15, 0.2) is 0 Å². The minimum absolute atomic E-state index is 0.0609. The standard InChI is InChI=1S/C27H38N2O5/c1-18-21-9-11-24(30)19(2)26(21)34-27(32)22(18)10-12-25(31)29(15-16-33-3)17-20-7-6-14-28-13-5-4-8-23(20)28/h9,11,20,23,30H,4-8,10,12-17H2,1-3H3/t20-,23-/m0/s1. The first-order valence-corrected chi connectivity index (χ1v) is 12.7. The van der Waals surface area contributed by atoms with E-state index in [1.54, 1.807) is 26.2 Å². The number of phenols is 1. The summed E-state index contributed by atoms with van der Waals surface area (Å²) >= 11 is 0. The highest BCUT2D eigenvalue weighted by molar-refractivity contribution is 5.85. The molecule has 2 atom stereocenters. The molecular weight excluding hydrogens is 432 g/mol. The summed E-state index contributed by atoms with van der Waals surface area (Å²) in [4.78, 5) is 30.7. The highest BCUT2D eigenvalue weighted by Gasteiger charge is 2.34. The number of benzene rings is 1. The van der Waals surface area contributed by atoms with Crippen LogP contribution in [0, 0.1) is 19.8 Å². The Kier molecular flexibility index (Phi) is 7.94. The first kappa shape index (κ1) is 24.7. The molecule has 34 heavy (non-hydrogen) atoms. The van der Waals surface area contributed by atoms with Crippen LogP contribution in [0.3, 0.4) is 0 Å². The van der Waals surface area contributed by atoms with Crippen LogP contribution in [-0.4, -0.2) is 66.8 Å². The second kappa shape index (κ2) is 10.9. The summed E-state index contributed by atoms with van der Waals surface area (Å²) in [6.45, 7) is 7.82. The molecule has 1 aromatic carbocycles. The molecule has 7 heteroatoms. The van der Waals surface area contributed by atoms with Gasteiger partial charge in [0.2, 0.25) is 5.91 Å². The molecule has 0 saturated carbocycles. The number of amides is 1. The first-order valence-electron chi connectivity index (χ1n) is 12.7. The molecule has 0 spiro atoms. The Balaban J connectivity index is 1.48. The van der Waals surface area contributed by atoms with Crippen LogP contribution in [0.5, 0.6) is 5.75 Å². The van der Waals surface area contributed by atoms with E-state index in [0.29, 0.717) is 48.2 Å². The number of ether oxygens (including phenoxy) is 1. The predicted molar refractivity (Wildman–Crippen MR) is 132 cm³/mol. The van der Waals surface area contributed by atoms with Crippen molar-refractivity contribution in [2.24, 2.45) is 5.92 Å². The van der Waals surface area contributed by atoms with Gasteiger partial charge in [-0.3, -0.25) is 4.79 Å². The second-order valence-electron chi connectivity index (χ2n) is 9.91. The number of aryl methyl sites for hydroxylation is 2. The number of fused-ring (bicyclic) bond motifs is 2. The number of hydrogen-bond acceptors (Lipinski definition) is 6. The van der Waals surface area contributed by atoms with E-state index in [2.05, 4.69) is 4.90 Å². The van der Waals surface area contributed by atoms with Crippen molar-refractivity contribution in [2.75, 3.05) is 39.9 Å². The summed E-state index contributed by atoms with van der Waals surface area (Å²) in [7, 11) is 1.66. The molecule has 4 rings (SSSR count).